The molecule has 13 nitrogen and oxygen atoms in total. The minimum atomic E-state index is -0.473. The van der Waals surface area contributed by atoms with E-state index in [1.54, 1.807) is 21.8 Å². The van der Waals surface area contributed by atoms with Crippen molar-refractivity contribution in [2.24, 2.45) is 17.8 Å². The molecule has 0 N–H and O–H groups in total. The Bertz CT molecular complexity index is 2050. The third-order valence-corrected chi connectivity index (χ3v) is 10.6. The van der Waals surface area contributed by atoms with Gasteiger partial charge in [0, 0.05) is 53.4 Å². The zero-order valence-corrected chi connectivity index (χ0v) is 31.5. The molecule has 53 heavy (non-hydrogen) atoms. The standard InChI is InChI=1S/C24H26ClFN6O2.C11H8BrClFN3O2/c1-14-4-23(28-13-27-14)31-9-15-2-3-16(10-31)21(15)8-22-29-24(32(30-22)19-11-33-12-19)34-20-6-17(25)5-18(26)7-20;12-10-15-11(17(16-10)8-4-18-5-8)19-9-2-6(13)1-7(14)3-9/h4-7,13,15-16,19,21H,2-3,8-12H2,1H3;1-3,8H,4-5H2/t15-,16+,21?;. The monoisotopic (exact) mass is 831 g/mol. The van der Waals surface area contributed by atoms with Crippen LogP contribution in [0.1, 0.15) is 36.4 Å². The molecule has 6 heterocycles. The molecule has 2 aromatic carbocycles. The van der Waals surface area contributed by atoms with Crippen molar-refractivity contribution >= 4 is 44.9 Å². The summed E-state index contributed by atoms with van der Waals surface area (Å²) in [6.07, 6.45) is 4.86. The molecule has 1 unspecified atom stereocenters. The van der Waals surface area contributed by atoms with Gasteiger partial charge in [0.05, 0.1) is 26.4 Å². The van der Waals surface area contributed by atoms with Crippen LogP contribution in [0.2, 0.25) is 10.0 Å². The first-order valence-electron chi connectivity index (χ1n) is 17.2. The number of aryl methyl sites for hydroxylation is 1. The molecule has 18 heteroatoms. The Labute approximate surface area is 321 Å². The number of ether oxygens (including phenoxy) is 4. The molecule has 2 bridgehead atoms. The van der Waals surface area contributed by atoms with Gasteiger partial charge < -0.3 is 23.8 Å². The van der Waals surface area contributed by atoms with Crippen molar-refractivity contribution in [3.8, 4) is 23.5 Å². The van der Waals surface area contributed by atoms with Gasteiger partial charge in [-0.1, -0.05) is 23.2 Å². The van der Waals surface area contributed by atoms with Crippen molar-refractivity contribution in [1.82, 2.24) is 39.5 Å². The van der Waals surface area contributed by atoms with Crippen molar-refractivity contribution in [2.45, 2.75) is 38.3 Å². The summed E-state index contributed by atoms with van der Waals surface area (Å²) in [6.45, 7) is 6.20. The average molecular weight is 834 g/mol. The molecular formula is C35H34BrCl2F2N9O4. The molecule has 3 atom stereocenters. The van der Waals surface area contributed by atoms with Gasteiger partial charge in [-0.15, -0.1) is 5.10 Å². The SMILES string of the molecule is Cc1cc(N2C[C@H]3CC[C@@H](C2)C3Cc2nc(Oc3cc(F)cc(Cl)c3)n(C3COC3)n2)ncn1.Fc1cc(Cl)cc(Oc2nc(Br)nn2C2COC2)c1. The van der Waals surface area contributed by atoms with Gasteiger partial charge in [0.1, 0.15) is 47.4 Å². The van der Waals surface area contributed by atoms with Crippen LogP contribution in [0.5, 0.6) is 23.5 Å². The van der Waals surface area contributed by atoms with Crippen molar-refractivity contribution in [3.63, 3.8) is 0 Å². The number of fused-ring (bicyclic) bond motifs is 2. The molecule has 278 valence electrons. The Morgan fingerprint density at radius 1 is 0.774 bits per heavy atom. The predicted molar refractivity (Wildman–Crippen MR) is 193 cm³/mol. The summed E-state index contributed by atoms with van der Waals surface area (Å²) in [5, 5.41) is 9.49. The maximum absolute atomic E-state index is 13.8. The van der Waals surface area contributed by atoms with Gasteiger partial charge in [-0.25, -0.2) is 28.1 Å². The summed E-state index contributed by atoms with van der Waals surface area (Å²) >= 11 is 15.0. The molecule has 1 saturated carbocycles. The Hall–Kier alpha value is -3.96. The number of halogens is 5. The second kappa shape index (κ2) is 15.4. The van der Waals surface area contributed by atoms with Gasteiger partial charge in [-0.3, -0.25) is 0 Å². The van der Waals surface area contributed by atoms with E-state index < -0.39 is 11.6 Å². The van der Waals surface area contributed by atoms with E-state index in [4.69, 9.17) is 52.2 Å². The highest BCUT2D eigenvalue weighted by atomic mass is 79.9. The first kappa shape index (κ1) is 36.0. The third kappa shape index (κ3) is 8.26. The fourth-order valence-corrected chi connectivity index (χ4v) is 7.88. The molecule has 3 saturated heterocycles. The second-order valence-electron chi connectivity index (χ2n) is 13.5. The van der Waals surface area contributed by atoms with E-state index in [1.165, 1.54) is 43.2 Å². The van der Waals surface area contributed by atoms with Gasteiger partial charge >= 0.3 is 12.0 Å². The van der Waals surface area contributed by atoms with Crippen LogP contribution in [0.3, 0.4) is 0 Å². The number of benzene rings is 2. The first-order valence-corrected chi connectivity index (χ1v) is 18.7. The van der Waals surface area contributed by atoms with E-state index in [0.717, 1.165) is 36.8 Å². The van der Waals surface area contributed by atoms with Crippen LogP contribution in [0.25, 0.3) is 0 Å². The summed E-state index contributed by atoms with van der Waals surface area (Å²) in [5.41, 5.74) is 0.987. The third-order valence-electron chi connectivity index (χ3n) is 9.80. The van der Waals surface area contributed by atoms with Crippen LogP contribution in [0, 0.1) is 36.3 Å². The van der Waals surface area contributed by atoms with Gasteiger partial charge in [0.2, 0.25) is 4.73 Å². The van der Waals surface area contributed by atoms with Gasteiger partial charge in [-0.2, -0.15) is 15.1 Å². The molecular weight excluding hydrogens is 799 g/mol. The van der Waals surface area contributed by atoms with E-state index in [1.807, 2.05) is 6.92 Å². The molecule has 4 aliphatic rings. The molecule has 4 fully saturated rings. The highest BCUT2D eigenvalue weighted by Gasteiger charge is 2.43. The zero-order chi connectivity index (χ0) is 36.6. The average Bonchev–Trinajstić information content (AvgIpc) is 3.65. The predicted octanol–water partition coefficient (Wildman–Crippen LogP) is 7.43. The van der Waals surface area contributed by atoms with E-state index in [9.17, 15) is 8.78 Å². The quantitative estimate of drug-likeness (QED) is 0.147. The molecule has 0 spiro atoms. The number of aromatic nitrogens is 8. The van der Waals surface area contributed by atoms with Crippen LogP contribution in [0.15, 0.2) is 53.5 Å². The fraction of sp³-hybridized carbons (Fsp3) is 0.429. The Morgan fingerprint density at radius 3 is 1.87 bits per heavy atom. The molecule has 0 radical (unpaired) electrons. The molecule has 9 rings (SSSR count). The minimum Gasteiger partial charge on any atom is -0.424 e. The van der Waals surface area contributed by atoms with Gasteiger partial charge in [0.25, 0.3) is 0 Å². The normalized spacial score (nSPS) is 21.1. The maximum atomic E-state index is 13.8. The molecule has 0 amide bonds. The van der Waals surface area contributed by atoms with Crippen LogP contribution in [0.4, 0.5) is 14.6 Å². The largest absolute Gasteiger partial charge is 0.424 e. The van der Waals surface area contributed by atoms with Crippen LogP contribution in [-0.2, 0) is 15.9 Å². The summed E-state index contributed by atoms with van der Waals surface area (Å²) < 4.78 is 52.8. The highest BCUT2D eigenvalue weighted by Crippen LogP contribution is 2.44. The molecule has 5 aromatic rings. The lowest BCUT2D eigenvalue weighted by Crippen LogP contribution is -2.43. The lowest BCUT2D eigenvalue weighted by atomic mass is 9.82. The lowest BCUT2D eigenvalue weighted by Gasteiger charge is -2.38. The van der Waals surface area contributed by atoms with Crippen LogP contribution >= 0.6 is 39.1 Å². The Balaban J connectivity index is 0.000000178. The van der Waals surface area contributed by atoms with Crippen molar-refractivity contribution in [2.75, 3.05) is 44.4 Å². The number of anilines is 1. The molecule has 3 aromatic heterocycles. The Kier molecular flexibility index (Phi) is 10.5. The summed E-state index contributed by atoms with van der Waals surface area (Å²) in [4.78, 5) is 19.9. The fourth-order valence-electron chi connectivity index (χ4n) is 7.13. The Morgan fingerprint density at radius 2 is 1.34 bits per heavy atom. The zero-order valence-electron chi connectivity index (χ0n) is 28.4. The molecule has 3 aliphatic heterocycles. The van der Waals surface area contributed by atoms with Crippen molar-refractivity contribution in [1.29, 1.82) is 0 Å². The van der Waals surface area contributed by atoms with Crippen molar-refractivity contribution in [3.05, 3.63) is 86.7 Å². The number of hydrogen-bond acceptors (Lipinski definition) is 11. The lowest BCUT2D eigenvalue weighted by molar-refractivity contribution is -0.0314. The van der Waals surface area contributed by atoms with Crippen LogP contribution in [-0.4, -0.2) is 79.0 Å². The van der Waals surface area contributed by atoms with E-state index in [-0.39, 0.29) is 33.9 Å². The van der Waals surface area contributed by atoms with E-state index in [2.05, 4.69) is 46.9 Å². The van der Waals surface area contributed by atoms with E-state index in [0.29, 0.717) is 60.7 Å². The van der Waals surface area contributed by atoms with Gasteiger partial charge in [0.15, 0.2) is 5.82 Å². The second-order valence-corrected chi connectivity index (χ2v) is 15.1. The van der Waals surface area contributed by atoms with E-state index >= 15 is 0 Å². The first-order chi connectivity index (χ1) is 25.6. The number of hydrogen-bond donors (Lipinski definition) is 0. The highest BCUT2D eigenvalue weighted by molar-refractivity contribution is 9.10. The van der Waals surface area contributed by atoms with Crippen LogP contribution < -0.4 is 14.4 Å². The molecule has 1 aliphatic carbocycles. The maximum Gasteiger partial charge on any atom is 0.321 e. The number of nitrogens with zero attached hydrogens (tertiary/aromatic N) is 9. The van der Waals surface area contributed by atoms with Crippen molar-refractivity contribution < 1.29 is 27.7 Å². The summed E-state index contributed by atoms with van der Waals surface area (Å²) in [6, 6.07) is 10.9. The number of piperidine rings is 1. The van der Waals surface area contributed by atoms with Gasteiger partial charge in [-0.05, 0) is 77.7 Å². The minimum absolute atomic E-state index is 0.0693. The smallest absolute Gasteiger partial charge is 0.321 e. The summed E-state index contributed by atoms with van der Waals surface area (Å²) in [5.74, 6) is 3.08. The summed E-state index contributed by atoms with van der Waals surface area (Å²) in [7, 11) is 0. The number of rotatable bonds is 9. The topological polar surface area (TPSA) is 127 Å².